The van der Waals surface area contributed by atoms with Crippen LogP contribution in [0.25, 0.3) is 0 Å². The highest BCUT2D eigenvalue weighted by Crippen LogP contribution is 2.23. The van der Waals surface area contributed by atoms with Crippen molar-refractivity contribution in [3.8, 4) is 11.6 Å². The van der Waals surface area contributed by atoms with Crippen LogP contribution in [-0.4, -0.2) is 16.5 Å². The quantitative estimate of drug-likeness (QED) is 0.672. The van der Waals surface area contributed by atoms with Crippen molar-refractivity contribution in [3.63, 3.8) is 0 Å². The predicted octanol–water partition coefficient (Wildman–Crippen LogP) is 4.60. The molecular formula is C18H17N3OS. The lowest BCUT2D eigenvalue weighted by atomic mass is 10.2. The summed E-state index contributed by atoms with van der Waals surface area (Å²) in [6, 6.07) is 21.7. The van der Waals surface area contributed by atoms with Crippen LogP contribution in [0.2, 0.25) is 0 Å². The molecule has 0 aliphatic rings. The van der Waals surface area contributed by atoms with Crippen molar-refractivity contribution in [3.05, 3.63) is 72.3 Å². The van der Waals surface area contributed by atoms with Crippen LogP contribution in [-0.2, 0) is 6.54 Å². The molecule has 1 heterocycles. The number of ether oxygens (including phenoxy) is 1. The first-order chi connectivity index (χ1) is 11.3. The van der Waals surface area contributed by atoms with Crippen LogP contribution >= 0.6 is 11.8 Å². The SMILES string of the molecule is CSc1ccc(Oc2ccc(NCc3ccccc3)nn2)cc1. The van der Waals surface area contributed by atoms with Gasteiger partial charge < -0.3 is 10.1 Å². The molecule has 0 saturated carbocycles. The maximum atomic E-state index is 5.68. The van der Waals surface area contributed by atoms with E-state index in [0.717, 1.165) is 11.6 Å². The number of anilines is 1. The number of thioether (sulfide) groups is 1. The van der Waals surface area contributed by atoms with Crippen LogP contribution in [0.4, 0.5) is 5.82 Å². The van der Waals surface area contributed by atoms with Gasteiger partial charge >= 0.3 is 0 Å². The minimum absolute atomic E-state index is 0.479. The summed E-state index contributed by atoms with van der Waals surface area (Å²) in [6.45, 7) is 0.714. The van der Waals surface area contributed by atoms with Crippen molar-refractivity contribution in [1.29, 1.82) is 0 Å². The summed E-state index contributed by atoms with van der Waals surface area (Å²) in [4.78, 5) is 1.20. The second-order valence-electron chi connectivity index (χ2n) is 4.87. The molecule has 0 atom stereocenters. The van der Waals surface area contributed by atoms with E-state index in [0.29, 0.717) is 12.4 Å². The van der Waals surface area contributed by atoms with Gasteiger partial charge in [0.05, 0.1) is 0 Å². The van der Waals surface area contributed by atoms with E-state index in [-0.39, 0.29) is 0 Å². The third kappa shape index (κ3) is 4.47. The zero-order chi connectivity index (χ0) is 15.9. The predicted molar refractivity (Wildman–Crippen MR) is 94.1 cm³/mol. The van der Waals surface area contributed by atoms with Gasteiger partial charge in [0, 0.05) is 17.5 Å². The average molecular weight is 323 g/mol. The number of nitrogens with one attached hydrogen (secondary N) is 1. The van der Waals surface area contributed by atoms with E-state index < -0.39 is 0 Å². The highest BCUT2D eigenvalue weighted by atomic mass is 32.2. The molecule has 3 rings (SSSR count). The summed E-state index contributed by atoms with van der Waals surface area (Å²) < 4.78 is 5.68. The van der Waals surface area contributed by atoms with E-state index in [1.165, 1.54) is 10.5 Å². The van der Waals surface area contributed by atoms with E-state index in [9.17, 15) is 0 Å². The molecule has 0 spiro atoms. The lowest BCUT2D eigenvalue weighted by molar-refractivity contribution is 0.455. The Morgan fingerprint density at radius 1 is 0.913 bits per heavy atom. The molecule has 0 amide bonds. The first-order valence-corrected chi connectivity index (χ1v) is 8.49. The molecule has 1 N–H and O–H groups in total. The lowest BCUT2D eigenvalue weighted by Gasteiger charge is -2.07. The number of aromatic nitrogens is 2. The Kier molecular flexibility index (Phi) is 5.11. The molecule has 23 heavy (non-hydrogen) atoms. The molecule has 0 aliphatic heterocycles. The van der Waals surface area contributed by atoms with Crippen molar-refractivity contribution in [1.82, 2.24) is 10.2 Å². The Labute approximate surface area is 139 Å². The molecular weight excluding hydrogens is 306 g/mol. The van der Waals surface area contributed by atoms with Crippen LogP contribution in [0.3, 0.4) is 0 Å². The van der Waals surface area contributed by atoms with E-state index in [4.69, 9.17) is 4.74 Å². The minimum atomic E-state index is 0.479. The van der Waals surface area contributed by atoms with Crippen LogP contribution in [0.15, 0.2) is 71.6 Å². The zero-order valence-corrected chi connectivity index (χ0v) is 13.6. The maximum Gasteiger partial charge on any atom is 0.238 e. The van der Waals surface area contributed by atoms with Gasteiger partial charge in [-0.1, -0.05) is 30.3 Å². The molecule has 4 nitrogen and oxygen atoms in total. The van der Waals surface area contributed by atoms with E-state index in [1.807, 2.05) is 60.9 Å². The molecule has 0 fully saturated rings. The van der Waals surface area contributed by atoms with Crippen molar-refractivity contribution in [2.45, 2.75) is 11.4 Å². The van der Waals surface area contributed by atoms with Crippen molar-refractivity contribution < 1.29 is 4.74 Å². The Balaban J connectivity index is 1.58. The number of benzene rings is 2. The molecule has 2 aromatic carbocycles. The minimum Gasteiger partial charge on any atom is -0.438 e. The molecule has 5 heteroatoms. The summed E-state index contributed by atoms with van der Waals surface area (Å²) in [5.41, 5.74) is 1.20. The van der Waals surface area contributed by atoms with Crippen molar-refractivity contribution >= 4 is 17.6 Å². The molecule has 0 unspecified atom stereocenters. The molecule has 0 aliphatic carbocycles. The van der Waals surface area contributed by atoms with Gasteiger partial charge in [-0.3, -0.25) is 0 Å². The Hall–Kier alpha value is -2.53. The van der Waals surface area contributed by atoms with E-state index in [1.54, 1.807) is 11.8 Å². The van der Waals surface area contributed by atoms with Gasteiger partial charge in [-0.2, -0.15) is 0 Å². The summed E-state index contributed by atoms with van der Waals surface area (Å²) in [5.74, 6) is 1.95. The van der Waals surface area contributed by atoms with Gasteiger partial charge in [-0.15, -0.1) is 22.0 Å². The van der Waals surface area contributed by atoms with Crippen LogP contribution in [0, 0.1) is 0 Å². The summed E-state index contributed by atoms with van der Waals surface area (Å²) >= 11 is 1.70. The fourth-order valence-electron chi connectivity index (χ4n) is 2.02. The summed E-state index contributed by atoms with van der Waals surface area (Å²) in [7, 11) is 0. The van der Waals surface area contributed by atoms with Gasteiger partial charge in [0.15, 0.2) is 0 Å². The van der Waals surface area contributed by atoms with Crippen LogP contribution < -0.4 is 10.1 Å². The number of hydrogen-bond donors (Lipinski definition) is 1. The highest BCUT2D eigenvalue weighted by Gasteiger charge is 2.01. The normalized spacial score (nSPS) is 10.3. The monoisotopic (exact) mass is 323 g/mol. The van der Waals surface area contributed by atoms with Gasteiger partial charge in [0.1, 0.15) is 11.6 Å². The fraction of sp³-hybridized carbons (Fsp3) is 0.111. The van der Waals surface area contributed by atoms with Gasteiger partial charge in [-0.05, 0) is 42.2 Å². The zero-order valence-electron chi connectivity index (χ0n) is 12.8. The Morgan fingerprint density at radius 3 is 2.35 bits per heavy atom. The first kappa shape index (κ1) is 15.4. The van der Waals surface area contributed by atoms with Crippen molar-refractivity contribution in [2.75, 3.05) is 11.6 Å². The average Bonchev–Trinajstić information content (AvgIpc) is 2.63. The number of nitrogens with zero attached hydrogens (tertiary/aromatic N) is 2. The summed E-state index contributed by atoms with van der Waals surface area (Å²) in [6.07, 6.45) is 2.04. The van der Waals surface area contributed by atoms with E-state index in [2.05, 4.69) is 27.6 Å². The Morgan fingerprint density at radius 2 is 1.70 bits per heavy atom. The largest absolute Gasteiger partial charge is 0.438 e. The first-order valence-electron chi connectivity index (χ1n) is 7.27. The van der Waals surface area contributed by atoms with E-state index >= 15 is 0 Å². The molecule has 0 bridgehead atoms. The molecule has 1 aromatic heterocycles. The molecule has 116 valence electrons. The van der Waals surface area contributed by atoms with Gasteiger partial charge in [0.2, 0.25) is 5.88 Å². The number of hydrogen-bond acceptors (Lipinski definition) is 5. The summed E-state index contributed by atoms with van der Waals surface area (Å²) in [5, 5.41) is 11.5. The third-order valence-corrected chi connectivity index (χ3v) is 3.98. The lowest BCUT2D eigenvalue weighted by Crippen LogP contribution is -2.02. The smallest absolute Gasteiger partial charge is 0.238 e. The maximum absolute atomic E-state index is 5.68. The van der Waals surface area contributed by atoms with Gasteiger partial charge in [0.25, 0.3) is 0 Å². The van der Waals surface area contributed by atoms with Crippen LogP contribution in [0.5, 0.6) is 11.6 Å². The second-order valence-corrected chi connectivity index (χ2v) is 5.75. The molecule has 0 saturated heterocycles. The second kappa shape index (κ2) is 7.65. The fourth-order valence-corrected chi connectivity index (χ4v) is 2.43. The topological polar surface area (TPSA) is 47.0 Å². The molecule has 0 radical (unpaired) electrons. The van der Waals surface area contributed by atoms with Gasteiger partial charge in [-0.25, -0.2) is 0 Å². The third-order valence-electron chi connectivity index (χ3n) is 3.24. The Bertz CT molecular complexity index is 730. The van der Waals surface area contributed by atoms with Crippen LogP contribution in [0.1, 0.15) is 5.56 Å². The van der Waals surface area contributed by atoms with Crippen molar-refractivity contribution in [2.24, 2.45) is 0 Å². The number of rotatable bonds is 6. The molecule has 3 aromatic rings. The highest BCUT2D eigenvalue weighted by molar-refractivity contribution is 7.98. The standard InChI is InChI=1S/C18H17N3OS/c1-23-16-9-7-15(8-10-16)22-18-12-11-17(20-21-18)19-13-14-5-3-2-4-6-14/h2-12H,13H2,1H3,(H,19,20).